The summed E-state index contributed by atoms with van der Waals surface area (Å²) < 4.78 is 0. The molecule has 0 aliphatic rings. The molecule has 0 N–H and O–H groups in total. The Kier molecular flexibility index (Phi) is 3.45. The van der Waals surface area contributed by atoms with Crippen LogP contribution in [-0.2, 0) is 12.4 Å². The maximum absolute atomic E-state index is 8.12. The number of azide groups is 1. The fourth-order valence-corrected chi connectivity index (χ4v) is 1.21. The van der Waals surface area contributed by atoms with Gasteiger partial charge in [-0.1, -0.05) is 29.4 Å². The third kappa shape index (κ3) is 2.16. The quantitative estimate of drug-likeness (QED) is 0.298. The van der Waals surface area contributed by atoms with E-state index in [0.29, 0.717) is 12.4 Å². The van der Waals surface area contributed by atoms with Crippen LogP contribution in [0.3, 0.4) is 0 Å². The summed E-state index contributed by atoms with van der Waals surface area (Å²) in [6.07, 6.45) is 0. The third-order valence-corrected chi connectivity index (χ3v) is 1.85. The minimum atomic E-state index is 0.374. The second-order valence-corrected chi connectivity index (χ2v) is 2.56. The third-order valence-electron chi connectivity index (χ3n) is 1.57. The summed E-state index contributed by atoms with van der Waals surface area (Å²) in [5.41, 5.74) is 10.1. The van der Waals surface area contributed by atoms with E-state index in [4.69, 9.17) is 17.1 Å². The standard InChI is InChI=1S/C8H8ClN3/c9-5-7-3-1-2-4-8(7)6-11-12-10/h1-4H,5-6H2. The van der Waals surface area contributed by atoms with E-state index in [1.807, 2.05) is 24.3 Å². The Bertz CT molecular complexity index is 305. The zero-order valence-electron chi connectivity index (χ0n) is 6.44. The lowest BCUT2D eigenvalue weighted by Gasteiger charge is -2.01. The fraction of sp³-hybridized carbons (Fsp3) is 0.250. The highest BCUT2D eigenvalue weighted by Gasteiger charge is 1.97. The Morgan fingerprint density at radius 1 is 1.33 bits per heavy atom. The topological polar surface area (TPSA) is 48.8 Å². The van der Waals surface area contributed by atoms with E-state index in [1.165, 1.54) is 0 Å². The summed E-state index contributed by atoms with van der Waals surface area (Å²) in [6.45, 7) is 0.374. The van der Waals surface area contributed by atoms with Crippen LogP contribution in [0.4, 0.5) is 0 Å². The molecule has 0 bridgehead atoms. The van der Waals surface area contributed by atoms with Crippen LogP contribution in [-0.4, -0.2) is 0 Å². The predicted octanol–water partition coefficient (Wildman–Crippen LogP) is 3.24. The zero-order valence-corrected chi connectivity index (χ0v) is 7.20. The Labute approximate surface area is 75.6 Å². The molecule has 0 aromatic heterocycles. The average Bonchev–Trinajstić information content (AvgIpc) is 2.15. The summed E-state index contributed by atoms with van der Waals surface area (Å²) in [7, 11) is 0. The minimum Gasteiger partial charge on any atom is -0.122 e. The Balaban J connectivity index is 2.88. The van der Waals surface area contributed by atoms with E-state index in [-0.39, 0.29) is 0 Å². The summed E-state index contributed by atoms with van der Waals surface area (Å²) in [5, 5.41) is 3.47. The van der Waals surface area contributed by atoms with Crippen LogP contribution in [0.25, 0.3) is 10.4 Å². The van der Waals surface area contributed by atoms with Crippen molar-refractivity contribution >= 4 is 11.6 Å². The summed E-state index contributed by atoms with van der Waals surface area (Å²) >= 11 is 5.68. The Morgan fingerprint density at radius 3 is 2.58 bits per heavy atom. The second kappa shape index (κ2) is 4.65. The molecule has 0 saturated carbocycles. The van der Waals surface area contributed by atoms with Gasteiger partial charge in [0.15, 0.2) is 0 Å². The van der Waals surface area contributed by atoms with Crippen LogP contribution in [0.1, 0.15) is 11.1 Å². The maximum Gasteiger partial charge on any atom is 0.0514 e. The van der Waals surface area contributed by atoms with Crippen LogP contribution in [0.15, 0.2) is 29.4 Å². The maximum atomic E-state index is 8.12. The van der Waals surface area contributed by atoms with E-state index in [9.17, 15) is 0 Å². The molecule has 4 heteroatoms. The van der Waals surface area contributed by atoms with Crippen molar-refractivity contribution in [1.29, 1.82) is 0 Å². The number of hydrogen-bond acceptors (Lipinski definition) is 1. The van der Waals surface area contributed by atoms with Crippen molar-refractivity contribution < 1.29 is 0 Å². The van der Waals surface area contributed by atoms with Gasteiger partial charge >= 0.3 is 0 Å². The minimum absolute atomic E-state index is 0.374. The van der Waals surface area contributed by atoms with Gasteiger partial charge in [0.25, 0.3) is 0 Å². The molecule has 1 aromatic carbocycles. The van der Waals surface area contributed by atoms with Gasteiger partial charge in [-0.15, -0.1) is 11.6 Å². The van der Waals surface area contributed by atoms with E-state index >= 15 is 0 Å². The summed E-state index contributed by atoms with van der Waals surface area (Å²) in [4.78, 5) is 2.69. The number of hydrogen-bond donors (Lipinski definition) is 0. The molecule has 1 rings (SSSR count). The molecule has 0 fully saturated rings. The van der Waals surface area contributed by atoms with Crippen molar-refractivity contribution in [3.63, 3.8) is 0 Å². The van der Waals surface area contributed by atoms with Gasteiger partial charge in [0, 0.05) is 10.8 Å². The van der Waals surface area contributed by atoms with Gasteiger partial charge in [-0.3, -0.25) is 0 Å². The molecule has 0 aliphatic heterocycles. The lowest BCUT2D eigenvalue weighted by Crippen LogP contribution is -1.87. The van der Waals surface area contributed by atoms with Crippen LogP contribution in [0.2, 0.25) is 0 Å². The molecule has 3 nitrogen and oxygen atoms in total. The normalized spacial score (nSPS) is 9.08. The lowest BCUT2D eigenvalue weighted by molar-refractivity contribution is 1.02. The van der Waals surface area contributed by atoms with Gasteiger partial charge in [0.05, 0.1) is 6.54 Å². The van der Waals surface area contributed by atoms with Gasteiger partial charge in [0.1, 0.15) is 0 Å². The summed E-state index contributed by atoms with van der Waals surface area (Å²) in [6, 6.07) is 7.65. The van der Waals surface area contributed by atoms with Gasteiger partial charge in [0.2, 0.25) is 0 Å². The molecule has 62 valence electrons. The number of rotatable bonds is 3. The van der Waals surface area contributed by atoms with Crippen LogP contribution >= 0.6 is 11.6 Å². The van der Waals surface area contributed by atoms with Gasteiger partial charge < -0.3 is 0 Å². The molecule has 0 atom stereocenters. The van der Waals surface area contributed by atoms with Crippen molar-refractivity contribution in [2.24, 2.45) is 5.11 Å². The smallest absolute Gasteiger partial charge is 0.0514 e. The molecule has 0 unspecified atom stereocenters. The van der Waals surface area contributed by atoms with Gasteiger partial charge in [-0.05, 0) is 16.7 Å². The monoisotopic (exact) mass is 181 g/mol. The first-order valence-corrected chi connectivity index (χ1v) is 4.05. The SMILES string of the molecule is [N-]=[N+]=NCc1ccccc1CCl. The molecule has 0 saturated heterocycles. The first-order chi connectivity index (χ1) is 5.88. The number of nitrogens with zero attached hydrogens (tertiary/aromatic N) is 3. The number of halogens is 1. The van der Waals surface area contributed by atoms with Crippen molar-refractivity contribution in [2.45, 2.75) is 12.4 Å². The Hall–Kier alpha value is -1.18. The zero-order chi connectivity index (χ0) is 8.81. The van der Waals surface area contributed by atoms with Gasteiger partial charge in [-0.25, -0.2) is 0 Å². The van der Waals surface area contributed by atoms with Crippen molar-refractivity contribution in [3.05, 3.63) is 45.8 Å². The predicted molar refractivity (Wildman–Crippen MR) is 48.8 cm³/mol. The first kappa shape index (κ1) is 8.91. The first-order valence-electron chi connectivity index (χ1n) is 3.52. The molecular formula is C8H8ClN3. The molecule has 0 aliphatic carbocycles. The molecular weight excluding hydrogens is 174 g/mol. The van der Waals surface area contributed by atoms with Crippen LogP contribution in [0, 0.1) is 0 Å². The van der Waals surface area contributed by atoms with E-state index < -0.39 is 0 Å². The largest absolute Gasteiger partial charge is 0.122 e. The van der Waals surface area contributed by atoms with Crippen LogP contribution in [0.5, 0.6) is 0 Å². The number of benzene rings is 1. The highest BCUT2D eigenvalue weighted by atomic mass is 35.5. The molecule has 12 heavy (non-hydrogen) atoms. The fourth-order valence-electron chi connectivity index (χ4n) is 0.950. The van der Waals surface area contributed by atoms with E-state index in [2.05, 4.69) is 10.0 Å². The highest BCUT2D eigenvalue weighted by Crippen LogP contribution is 2.12. The Morgan fingerprint density at radius 2 is 2.00 bits per heavy atom. The molecule has 0 spiro atoms. The molecule has 1 aromatic rings. The summed E-state index contributed by atoms with van der Waals surface area (Å²) in [5.74, 6) is 0.455. The molecule has 0 radical (unpaired) electrons. The van der Waals surface area contributed by atoms with Crippen molar-refractivity contribution in [2.75, 3.05) is 0 Å². The average molecular weight is 182 g/mol. The number of alkyl halides is 1. The molecule has 0 heterocycles. The van der Waals surface area contributed by atoms with Crippen molar-refractivity contribution in [3.8, 4) is 0 Å². The van der Waals surface area contributed by atoms with Crippen LogP contribution < -0.4 is 0 Å². The second-order valence-electron chi connectivity index (χ2n) is 2.29. The van der Waals surface area contributed by atoms with E-state index in [1.54, 1.807) is 0 Å². The van der Waals surface area contributed by atoms with Crippen molar-refractivity contribution in [1.82, 2.24) is 0 Å². The molecule has 0 amide bonds. The van der Waals surface area contributed by atoms with E-state index in [0.717, 1.165) is 11.1 Å². The lowest BCUT2D eigenvalue weighted by atomic mass is 10.1. The van der Waals surface area contributed by atoms with Gasteiger partial charge in [-0.2, -0.15) is 0 Å². The highest BCUT2D eigenvalue weighted by molar-refractivity contribution is 6.17.